The number of carbonyl (C=O) groups excluding carboxylic acids is 3. The first-order valence-electron chi connectivity index (χ1n) is 10.3. The van der Waals surface area contributed by atoms with Crippen LogP contribution in [0.1, 0.15) is 23.6 Å². The van der Waals surface area contributed by atoms with Gasteiger partial charge in [0.05, 0.1) is 24.6 Å². The molecule has 0 aromatic heterocycles. The number of esters is 1. The summed E-state index contributed by atoms with van der Waals surface area (Å²) in [6.07, 6.45) is 2.35. The highest BCUT2D eigenvalue weighted by Gasteiger charge is 2.68. The maximum atomic E-state index is 13.7. The Morgan fingerprint density at radius 1 is 1.10 bits per heavy atom. The van der Waals surface area contributed by atoms with E-state index >= 15 is 0 Å². The summed E-state index contributed by atoms with van der Waals surface area (Å²) >= 11 is 1.59. The molecule has 4 atom stereocenters. The molecule has 2 aromatic carbocycles. The van der Waals surface area contributed by atoms with Crippen molar-refractivity contribution in [2.75, 3.05) is 24.0 Å². The van der Waals surface area contributed by atoms with Crippen LogP contribution in [-0.2, 0) is 19.1 Å². The van der Waals surface area contributed by atoms with Gasteiger partial charge in [-0.3, -0.25) is 19.7 Å². The second kappa shape index (κ2) is 8.48. The predicted molar refractivity (Wildman–Crippen MR) is 121 cm³/mol. The molecule has 0 aliphatic carbocycles. The fraction of sp³-hybridized carbons (Fsp3) is 0.375. The fourth-order valence-electron chi connectivity index (χ4n) is 5.00. The Morgan fingerprint density at radius 2 is 1.77 bits per heavy atom. The van der Waals surface area contributed by atoms with Gasteiger partial charge in [-0.1, -0.05) is 42.5 Å². The third kappa shape index (κ3) is 3.36. The van der Waals surface area contributed by atoms with Crippen molar-refractivity contribution in [2.24, 2.45) is 11.8 Å². The molecule has 7 heteroatoms. The molecule has 0 radical (unpaired) electrons. The Kier molecular flexibility index (Phi) is 5.90. The van der Waals surface area contributed by atoms with Crippen LogP contribution in [0.25, 0.3) is 0 Å². The monoisotopic (exact) mass is 438 g/mol. The van der Waals surface area contributed by atoms with E-state index in [4.69, 9.17) is 4.74 Å². The molecule has 2 amide bonds. The minimum Gasteiger partial charge on any atom is -0.468 e. The summed E-state index contributed by atoms with van der Waals surface area (Å²) in [4.78, 5) is 41.8. The molecule has 2 fully saturated rings. The van der Waals surface area contributed by atoms with Crippen LogP contribution >= 0.6 is 11.8 Å². The number of nitrogens with one attached hydrogen (secondary N) is 1. The molecule has 2 aromatic rings. The highest BCUT2D eigenvalue weighted by molar-refractivity contribution is 7.98. The number of nitrogens with zero attached hydrogens (tertiary/aromatic N) is 1. The van der Waals surface area contributed by atoms with Crippen LogP contribution in [0.5, 0.6) is 0 Å². The normalized spacial score (nSPS) is 27.5. The molecule has 2 saturated heterocycles. The summed E-state index contributed by atoms with van der Waals surface area (Å²) < 4.78 is 5.19. The number of imide groups is 1. The first-order chi connectivity index (χ1) is 15.0. The van der Waals surface area contributed by atoms with E-state index in [0.29, 0.717) is 17.9 Å². The molecule has 2 aliphatic heterocycles. The van der Waals surface area contributed by atoms with Gasteiger partial charge in [0.25, 0.3) is 0 Å². The average molecular weight is 439 g/mol. The Bertz CT molecular complexity index is 1010. The molecule has 0 unspecified atom stereocenters. The number of carbonyl (C=O) groups is 3. The highest BCUT2D eigenvalue weighted by atomic mass is 32.2. The van der Waals surface area contributed by atoms with Gasteiger partial charge in [0.2, 0.25) is 11.8 Å². The summed E-state index contributed by atoms with van der Waals surface area (Å²) in [6.45, 7) is 1.97. The number of amides is 2. The van der Waals surface area contributed by atoms with Gasteiger partial charge in [-0.2, -0.15) is 11.8 Å². The van der Waals surface area contributed by atoms with Crippen LogP contribution in [0.2, 0.25) is 0 Å². The van der Waals surface area contributed by atoms with Crippen LogP contribution in [0.3, 0.4) is 0 Å². The van der Waals surface area contributed by atoms with Gasteiger partial charge in [0.15, 0.2) is 0 Å². The quantitative estimate of drug-likeness (QED) is 0.552. The lowest BCUT2D eigenvalue weighted by Gasteiger charge is -2.32. The van der Waals surface area contributed by atoms with Crippen molar-refractivity contribution in [2.45, 2.75) is 24.9 Å². The smallest absolute Gasteiger partial charge is 0.326 e. The van der Waals surface area contributed by atoms with Crippen molar-refractivity contribution in [1.29, 1.82) is 0 Å². The van der Waals surface area contributed by atoms with Crippen molar-refractivity contribution in [1.82, 2.24) is 5.32 Å². The van der Waals surface area contributed by atoms with Crippen LogP contribution in [0, 0.1) is 18.8 Å². The van der Waals surface area contributed by atoms with Crippen LogP contribution < -0.4 is 10.2 Å². The summed E-state index contributed by atoms with van der Waals surface area (Å²) in [5.74, 6) is -1.99. The zero-order valence-corrected chi connectivity index (χ0v) is 18.6. The van der Waals surface area contributed by atoms with Crippen LogP contribution in [0.15, 0.2) is 54.6 Å². The first-order valence-corrected chi connectivity index (χ1v) is 11.7. The minimum absolute atomic E-state index is 0.281. The number of ether oxygens (including phenoxy) is 1. The van der Waals surface area contributed by atoms with E-state index in [0.717, 1.165) is 11.1 Å². The second-order valence-corrected chi connectivity index (χ2v) is 9.02. The number of aryl methyl sites for hydroxylation is 1. The maximum Gasteiger partial charge on any atom is 0.326 e. The Labute approximate surface area is 186 Å². The van der Waals surface area contributed by atoms with Gasteiger partial charge >= 0.3 is 5.97 Å². The number of methoxy groups -OCH3 is 1. The number of fused-ring (bicyclic) bond motifs is 1. The number of hydrogen-bond donors (Lipinski definition) is 1. The highest BCUT2D eigenvalue weighted by Crippen LogP contribution is 2.51. The summed E-state index contributed by atoms with van der Waals surface area (Å²) in [6, 6.07) is 16.2. The van der Waals surface area contributed by atoms with Crippen molar-refractivity contribution in [3.63, 3.8) is 0 Å². The van der Waals surface area contributed by atoms with Crippen molar-refractivity contribution >= 4 is 35.2 Å². The Balaban J connectivity index is 1.88. The number of benzene rings is 2. The summed E-state index contributed by atoms with van der Waals surface area (Å²) in [7, 11) is 1.33. The zero-order chi connectivity index (χ0) is 22.2. The summed E-state index contributed by atoms with van der Waals surface area (Å²) in [5.41, 5.74) is 1.19. The van der Waals surface area contributed by atoms with Gasteiger partial charge < -0.3 is 4.74 Å². The molecular weight excluding hydrogens is 412 g/mol. The van der Waals surface area contributed by atoms with Crippen LogP contribution in [0.4, 0.5) is 5.69 Å². The molecule has 0 bridgehead atoms. The number of anilines is 1. The molecule has 1 N–H and O–H groups in total. The SMILES string of the molecule is COC(=O)[C@@]1(CCSC)N[C@H](c2ccccc2C)[C@H]2C(=O)N(c3ccccc3)C(=O)[C@H]21. The van der Waals surface area contributed by atoms with E-state index in [2.05, 4.69) is 5.32 Å². The van der Waals surface area contributed by atoms with E-state index < -0.39 is 29.4 Å². The Morgan fingerprint density at radius 3 is 2.42 bits per heavy atom. The third-order valence-electron chi connectivity index (χ3n) is 6.44. The molecule has 0 saturated carbocycles. The molecule has 0 spiro atoms. The Hall–Kier alpha value is -2.64. The van der Waals surface area contributed by atoms with Crippen molar-refractivity contribution in [3.05, 3.63) is 65.7 Å². The minimum atomic E-state index is -1.26. The van der Waals surface area contributed by atoms with Gasteiger partial charge in [0.1, 0.15) is 5.54 Å². The number of para-hydroxylation sites is 1. The number of hydrogen-bond acceptors (Lipinski definition) is 6. The van der Waals surface area contributed by atoms with Crippen molar-refractivity contribution in [3.8, 4) is 0 Å². The predicted octanol–water partition coefficient (Wildman–Crippen LogP) is 3.11. The van der Waals surface area contributed by atoms with Gasteiger partial charge in [-0.15, -0.1) is 0 Å². The molecule has 6 nitrogen and oxygen atoms in total. The van der Waals surface area contributed by atoms with E-state index in [1.165, 1.54) is 12.0 Å². The first kappa shape index (κ1) is 21.6. The third-order valence-corrected chi connectivity index (χ3v) is 7.05. The molecular formula is C24H26N2O4S. The molecule has 2 aliphatic rings. The maximum absolute atomic E-state index is 13.7. The molecule has 4 rings (SSSR count). The standard InChI is InChI=1S/C24H26N2O4S/c1-15-9-7-8-12-17(15)20-18-19(24(25-20,13-14-31-3)23(29)30-2)22(28)26(21(18)27)16-10-5-4-6-11-16/h4-12,18-20,25H,13-14H2,1-3H3/t18-,19-,20+,24-/m0/s1. The van der Waals surface area contributed by atoms with Crippen LogP contribution in [-0.4, -0.2) is 42.4 Å². The lowest BCUT2D eigenvalue weighted by molar-refractivity contribution is -0.152. The molecule has 2 heterocycles. The lowest BCUT2D eigenvalue weighted by Crippen LogP contribution is -2.56. The van der Waals surface area contributed by atoms with Gasteiger partial charge in [-0.25, -0.2) is 4.90 Å². The van der Waals surface area contributed by atoms with Crippen molar-refractivity contribution < 1.29 is 19.1 Å². The molecule has 162 valence electrons. The number of rotatable bonds is 6. The zero-order valence-electron chi connectivity index (χ0n) is 17.8. The number of thioether (sulfide) groups is 1. The van der Waals surface area contributed by atoms with E-state index in [1.807, 2.05) is 43.5 Å². The average Bonchev–Trinajstić information content (AvgIpc) is 3.27. The second-order valence-electron chi connectivity index (χ2n) is 8.04. The van der Waals surface area contributed by atoms with Gasteiger partial charge in [0, 0.05) is 6.04 Å². The largest absolute Gasteiger partial charge is 0.468 e. The van der Waals surface area contributed by atoms with E-state index in [-0.39, 0.29) is 11.8 Å². The van der Waals surface area contributed by atoms with E-state index in [9.17, 15) is 14.4 Å². The van der Waals surface area contributed by atoms with Gasteiger partial charge in [-0.05, 0) is 48.6 Å². The summed E-state index contributed by atoms with van der Waals surface area (Å²) in [5, 5.41) is 3.43. The topological polar surface area (TPSA) is 75.7 Å². The van der Waals surface area contributed by atoms with E-state index in [1.54, 1.807) is 36.0 Å². The fourth-order valence-corrected chi connectivity index (χ4v) is 5.53. The molecule has 31 heavy (non-hydrogen) atoms. The lowest BCUT2D eigenvalue weighted by atomic mass is 9.77.